The average molecular weight is 363 g/mol. The standard InChI is InChI=1S/C21H21N3OS/c1-13-8-9-16(10-15(13)3)18-11-19(17-7-5-4-6-14(17)2)24(23-18)21-22-20(25)12-26-21/h4-10,12,19,25H,11H2,1-3H3. The van der Waals surface area contributed by atoms with Gasteiger partial charge in [-0.2, -0.15) is 10.1 Å². The van der Waals surface area contributed by atoms with Crippen molar-refractivity contribution in [2.24, 2.45) is 5.10 Å². The van der Waals surface area contributed by atoms with E-state index < -0.39 is 0 Å². The van der Waals surface area contributed by atoms with Crippen molar-refractivity contribution >= 4 is 22.2 Å². The Labute approximate surface area is 157 Å². The van der Waals surface area contributed by atoms with Gasteiger partial charge in [-0.3, -0.25) is 0 Å². The maximum atomic E-state index is 9.70. The first-order chi connectivity index (χ1) is 12.5. The number of aromatic hydroxyl groups is 1. The summed E-state index contributed by atoms with van der Waals surface area (Å²) in [5.74, 6) is 0.0448. The van der Waals surface area contributed by atoms with Crippen molar-refractivity contribution in [2.75, 3.05) is 5.01 Å². The van der Waals surface area contributed by atoms with Crippen LogP contribution < -0.4 is 5.01 Å². The summed E-state index contributed by atoms with van der Waals surface area (Å²) in [5, 5.41) is 18.9. The molecule has 1 atom stereocenters. The number of hydrogen-bond acceptors (Lipinski definition) is 5. The molecule has 2 heterocycles. The smallest absolute Gasteiger partial charge is 0.223 e. The van der Waals surface area contributed by atoms with E-state index >= 15 is 0 Å². The molecule has 0 saturated carbocycles. The third kappa shape index (κ3) is 2.99. The van der Waals surface area contributed by atoms with Gasteiger partial charge in [-0.1, -0.05) is 47.7 Å². The van der Waals surface area contributed by atoms with E-state index in [4.69, 9.17) is 5.10 Å². The average Bonchev–Trinajstić information content (AvgIpc) is 3.24. The maximum Gasteiger partial charge on any atom is 0.223 e. The second-order valence-electron chi connectivity index (χ2n) is 6.76. The molecule has 26 heavy (non-hydrogen) atoms. The lowest BCUT2D eigenvalue weighted by Gasteiger charge is -2.22. The summed E-state index contributed by atoms with van der Waals surface area (Å²) < 4.78 is 0. The first-order valence-electron chi connectivity index (χ1n) is 8.67. The lowest BCUT2D eigenvalue weighted by molar-refractivity contribution is 0.457. The van der Waals surface area contributed by atoms with Crippen LogP contribution in [-0.2, 0) is 0 Å². The van der Waals surface area contributed by atoms with Gasteiger partial charge in [0.25, 0.3) is 0 Å². The van der Waals surface area contributed by atoms with Crippen LogP contribution in [0.15, 0.2) is 52.9 Å². The van der Waals surface area contributed by atoms with E-state index in [1.54, 1.807) is 5.38 Å². The molecule has 3 aromatic rings. The topological polar surface area (TPSA) is 48.7 Å². The summed E-state index contributed by atoms with van der Waals surface area (Å²) in [5.41, 5.74) is 7.23. The monoisotopic (exact) mass is 363 g/mol. The number of aromatic nitrogens is 1. The molecule has 0 bridgehead atoms. The van der Waals surface area contributed by atoms with E-state index in [-0.39, 0.29) is 11.9 Å². The number of benzene rings is 2. The van der Waals surface area contributed by atoms with Crippen molar-refractivity contribution in [1.82, 2.24) is 4.98 Å². The molecular formula is C21H21N3OS. The summed E-state index contributed by atoms with van der Waals surface area (Å²) in [4.78, 5) is 4.25. The SMILES string of the molecule is Cc1ccc(C2=NN(c3nc(O)cs3)C(c3ccccc3C)C2)cc1C. The first-order valence-corrected chi connectivity index (χ1v) is 9.55. The molecule has 0 aliphatic carbocycles. The number of nitrogens with zero attached hydrogens (tertiary/aromatic N) is 3. The molecule has 1 aromatic heterocycles. The minimum atomic E-state index is 0.0448. The van der Waals surface area contributed by atoms with Crippen LogP contribution in [0.25, 0.3) is 0 Å². The molecule has 1 N–H and O–H groups in total. The number of rotatable bonds is 3. The van der Waals surface area contributed by atoms with Crippen LogP contribution in [0.1, 0.15) is 40.3 Å². The molecule has 1 aliphatic heterocycles. The van der Waals surface area contributed by atoms with Crippen LogP contribution in [0.4, 0.5) is 5.13 Å². The van der Waals surface area contributed by atoms with E-state index in [0.29, 0.717) is 0 Å². The molecule has 0 saturated heterocycles. The summed E-state index contributed by atoms with van der Waals surface area (Å²) in [6.45, 7) is 6.38. The third-order valence-corrected chi connectivity index (χ3v) is 5.79. The Kier molecular flexibility index (Phi) is 4.24. The molecule has 4 nitrogen and oxygen atoms in total. The van der Waals surface area contributed by atoms with Crippen molar-refractivity contribution in [2.45, 2.75) is 33.2 Å². The lowest BCUT2D eigenvalue weighted by Crippen LogP contribution is -2.19. The number of hydrogen-bond donors (Lipinski definition) is 1. The van der Waals surface area contributed by atoms with Gasteiger partial charge in [0.05, 0.1) is 17.1 Å². The van der Waals surface area contributed by atoms with Gasteiger partial charge in [-0.05, 0) is 54.7 Å². The number of thiazole rings is 1. The highest BCUT2D eigenvalue weighted by Gasteiger charge is 2.32. The van der Waals surface area contributed by atoms with Crippen LogP contribution >= 0.6 is 11.3 Å². The number of aryl methyl sites for hydroxylation is 3. The first kappa shape index (κ1) is 16.8. The highest BCUT2D eigenvalue weighted by molar-refractivity contribution is 7.13. The Bertz CT molecular complexity index is 992. The molecule has 0 radical (unpaired) electrons. The van der Waals surface area contributed by atoms with Crippen molar-refractivity contribution in [3.63, 3.8) is 0 Å². The van der Waals surface area contributed by atoms with E-state index in [9.17, 15) is 5.11 Å². The summed E-state index contributed by atoms with van der Waals surface area (Å²) in [6.07, 6.45) is 0.813. The van der Waals surface area contributed by atoms with Gasteiger partial charge in [0.1, 0.15) is 0 Å². The fraction of sp³-hybridized carbons (Fsp3) is 0.238. The number of hydrazone groups is 1. The van der Waals surface area contributed by atoms with Gasteiger partial charge in [0.15, 0.2) is 0 Å². The van der Waals surface area contributed by atoms with Crippen LogP contribution in [0, 0.1) is 20.8 Å². The van der Waals surface area contributed by atoms with Crippen molar-refractivity contribution < 1.29 is 5.11 Å². The molecule has 1 aliphatic rings. The molecule has 132 valence electrons. The second-order valence-corrected chi connectivity index (χ2v) is 7.59. The van der Waals surface area contributed by atoms with E-state index in [2.05, 4.69) is 68.2 Å². The van der Waals surface area contributed by atoms with Gasteiger partial charge in [0, 0.05) is 6.42 Å². The van der Waals surface area contributed by atoms with Gasteiger partial charge in [0.2, 0.25) is 11.0 Å². The molecule has 2 aromatic carbocycles. The van der Waals surface area contributed by atoms with Crippen LogP contribution in [0.5, 0.6) is 5.88 Å². The van der Waals surface area contributed by atoms with Gasteiger partial charge in [-0.15, -0.1) is 0 Å². The molecule has 0 amide bonds. The maximum absolute atomic E-state index is 9.70. The highest BCUT2D eigenvalue weighted by Crippen LogP contribution is 2.39. The summed E-state index contributed by atoms with van der Waals surface area (Å²) in [7, 11) is 0. The summed E-state index contributed by atoms with van der Waals surface area (Å²) in [6, 6.07) is 15.0. The molecule has 5 heteroatoms. The zero-order valence-corrected chi connectivity index (χ0v) is 15.9. The van der Waals surface area contributed by atoms with Gasteiger partial charge < -0.3 is 5.11 Å². The van der Waals surface area contributed by atoms with E-state index in [1.165, 1.54) is 33.6 Å². The predicted octanol–water partition coefficient (Wildman–Crippen LogP) is 5.13. The summed E-state index contributed by atoms with van der Waals surface area (Å²) >= 11 is 1.41. The largest absolute Gasteiger partial charge is 0.493 e. The molecule has 0 spiro atoms. The molecule has 1 unspecified atom stereocenters. The fourth-order valence-corrected chi connectivity index (χ4v) is 4.03. The quantitative estimate of drug-likeness (QED) is 0.702. The number of anilines is 1. The highest BCUT2D eigenvalue weighted by atomic mass is 32.1. The van der Waals surface area contributed by atoms with Crippen molar-refractivity contribution in [3.05, 3.63) is 75.7 Å². The minimum Gasteiger partial charge on any atom is -0.493 e. The van der Waals surface area contributed by atoms with Crippen LogP contribution in [-0.4, -0.2) is 15.8 Å². The molecular weight excluding hydrogens is 342 g/mol. The van der Waals surface area contributed by atoms with E-state index in [0.717, 1.165) is 22.8 Å². The van der Waals surface area contributed by atoms with Gasteiger partial charge >= 0.3 is 0 Å². The molecule has 0 fully saturated rings. The van der Waals surface area contributed by atoms with Crippen molar-refractivity contribution in [3.8, 4) is 5.88 Å². The Hall–Kier alpha value is -2.66. The van der Waals surface area contributed by atoms with Crippen molar-refractivity contribution in [1.29, 1.82) is 0 Å². The molecule has 4 rings (SSSR count). The predicted molar refractivity (Wildman–Crippen MR) is 107 cm³/mol. The normalized spacial score (nSPS) is 16.8. The Morgan fingerprint density at radius 3 is 2.54 bits per heavy atom. The second kappa shape index (κ2) is 6.57. The third-order valence-electron chi connectivity index (χ3n) is 4.97. The Balaban J connectivity index is 1.78. The van der Waals surface area contributed by atoms with E-state index in [1.807, 2.05) is 5.01 Å². The van der Waals surface area contributed by atoms with Crippen LogP contribution in [0.3, 0.4) is 0 Å². The van der Waals surface area contributed by atoms with Gasteiger partial charge in [-0.25, -0.2) is 5.01 Å². The minimum absolute atomic E-state index is 0.0448. The van der Waals surface area contributed by atoms with Crippen LogP contribution in [0.2, 0.25) is 0 Å². The Morgan fingerprint density at radius 2 is 1.85 bits per heavy atom. The zero-order valence-electron chi connectivity index (χ0n) is 15.1. The zero-order chi connectivity index (χ0) is 18.3. The Morgan fingerprint density at radius 1 is 1.04 bits per heavy atom. The fourth-order valence-electron chi connectivity index (χ4n) is 3.35. The lowest BCUT2D eigenvalue weighted by atomic mass is 9.94.